The molecule has 0 aromatic carbocycles. The number of rotatable bonds is 4. The normalized spacial score (nSPS) is 11.3. The van der Waals surface area contributed by atoms with E-state index in [0.29, 0.717) is 10.7 Å². The largest absolute Gasteiger partial charge is 0.300 e. The van der Waals surface area contributed by atoms with Gasteiger partial charge in [-0.25, -0.2) is 4.98 Å². The van der Waals surface area contributed by atoms with Gasteiger partial charge >= 0.3 is 0 Å². The number of hydrogen-bond acceptors (Lipinski definition) is 4. The van der Waals surface area contributed by atoms with E-state index in [1.165, 1.54) is 0 Å². The van der Waals surface area contributed by atoms with Gasteiger partial charge in [0.25, 0.3) is 0 Å². The molecule has 0 aliphatic rings. The molecule has 1 N–H and O–H groups in total. The highest BCUT2D eigenvalue weighted by Gasteiger charge is 2.11. The van der Waals surface area contributed by atoms with Gasteiger partial charge < -0.3 is 0 Å². The zero-order valence-electron chi connectivity index (χ0n) is 10.2. The maximum Gasteiger partial charge on any atom is 0.195 e. The maximum atomic E-state index is 5.18. The van der Waals surface area contributed by atoms with Gasteiger partial charge in [0.15, 0.2) is 10.6 Å². The molecular weight excluding hydrogens is 252 g/mol. The van der Waals surface area contributed by atoms with Crippen molar-refractivity contribution in [3.63, 3.8) is 0 Å². The molecule has 0 radical (unpaired) electrons. The summed E-state index contributed by atoms with van der Waals surface area (Å²) in [7, 11) is 0. The summed E-state index contributed by atoms with van der Waals surface area (Å²) in [4.78, 5) is 5.51. The molecule has 2 aromatic rings. The summed E-state index contributed by atoms with van der Waals surface area (Å²) in [5.41, 5.74) is 0. The third-order valence-corrected chi connectivity index (χ3v) is 3.76. The lowest BCUT2D eigenvalue weighted by molar-refractivity contribution is 0.644. The van der Waals surface area contributed by atoms with Crippen LogP contribution in [0.25, 0.3) is 10.7 Å². The standard InChI is InChI=1S/C11H16N4S2/c1-4-15-10(13-14-11(15)16)8-6-12-9(17-8)5-7(2)3/h6-7H,4-5H2,1-3H3,(H,14,16). The average Bonchev–Trinajstić information content (AvgIpc) is 2.83. The van der Waals surface area contributed by atoms with E-state index in [0.717, 1.165) is 28.7 Å². The third-order valence-electron chi connectivity index (χ3n) is 2.43. The van der Waals surface area contributed by atoms with Gasteiger partial charge in [-0.1, -0.05) is 13.8 Å². The molecule has 0 saturated heterocycles. The van der Waals surface area contributed by atoms with E-state index >= 15 is 0 Å². The molecule has 0 unspecified atom stereocenters. The van der Waals surface area contributed by atoms with Crippen molar-refractivity contribution in [2.45, 2.75) is 33.7 Å². The number of aromatic nitrogens is 4. The van der Waals surface area contributed by atoms with E-state index in [2.05, 4.69) is 36.0 Å². The van der Waals surface area contributed by atoms with Crippen molar-refractivity contribution in [1.82, 2.24) is 19.7 Å². The Morgan fingerprint density at radius 3 is 2.94 bits per heavy atom. The lowest BCUT2D eigenvalue weighted by Gasteiger charge is -2.00. The van der Waals surface area contributed by atoms with Crippen LogP contribution in [0.2, 0.25) is 0 Å². The van der Waals surface area contributed by atoms with Crippen LogP contribution in [0.15, 0.2) is 6.20 Å². The molecular formula is C11H16N4S2. The van der Waals surface area contributed by atoms with E-state index in [1.807, 2.05) is 10.8 Å². The molecule has 4 nitrogen and oxygen atoms in total. The molecule has 0 saturated carbocycles. The van der Waals surface area contributed by atoms with Crippen LogP contribution in [0.4, 0.5) is 0 Å². The third kappa shape index (κ3) is 2.63. The zero-order chi connectivity index (χ0) is 12.4. The second-order valence-corrected chi connectivity index (χ2v) is 5.81. The van der Waals surface area contributed by atoms with Gasteiger partial charge in [0.2, 0.25) is 0 Å². The highest BCUT2D eigenvalue weighted by molar-refractivity contribution is 7.71. The Kier molecular flexibility index (Phi) is 3.73. The maximum absolute atomic E-state index is 5.18. The van der Waals surface area contributed by atoms with Crippen molar-refractivity contribution in [2.24, 2.45) is 5.92 Å². The fourth-order valence-corrected chi connectivity index (χ4v) is 3.05. The van der Waals surface area contributed by atoms with E-state index in [4.69, 9.17) is 12.2 Å². The SMILES string of the molecule is CCn1c(-c2cnc(CC(C)C)s2)n[nH]c1=S. The number of nitrogens with zero attached hydrogens (tertiary/aromatic N) is 3. The molecule has 0 spiro atoms. The van der Waals surface area contributed by atoms with E-state index in [-0.39, 0.29) is 0 Å². The van der Waals surface area contributed by atoms with Crippen molar-refractivity contribution in [1.29, 1.82) is 0 Å². The first-order valence-corrected chi connectivity index (χ1v) is 6.94. The molecule has 0 aliphatic carbocycles. The lowest BCUT2D eigenvalue weighted by atomic mass is 10.1. The van der Waals surface area contributed by atoms with E-state index in [1.54, 1.807) is 11.3 Å². The van der Waals surface area contributed by atoms with Gasteiger partial charge in [-0.05, 0) is 25.1 Å². The smallest absolute Gasteiger partial charge is 0.195 e. The second kappa shape index (κ2) is 5.10. The summed E-state index contributed by atoms with van der Waals surface area (Å²) in [6, 6.07) is 0. The Morgan fingerprint density at radius 2 is 2.29 bits per heavy atom. The fourth-order valence-electron chi connectivity index (χ4n) is 1.66. The number of thiazole rings is 1. The minimum Gasteiger partial charge on any atom is -0.300 e. The second-order valence-electron chi connectivity index (χ2n) is 4.31. The van der Waals surface area contributed by atoms with Crippen LogP contribution < -0.4 is 0 Å². The molecule has 0 aliphatic heterocycles. The highest BCUT2D eigenvalue weighted by atomic mass is 32.1. The average molecular weight is 268 g/mol. The van der Waals surface area contributed by atoms with Crippen LogP contribution in [0.3, 0.4) is 0 Å². The Bertz CT molecular complexity index is 550. The summed E-state index contributed by atoms with van der Waals surface area (Å²) >= 11 is 6.87. The van der Waals surface area contributed by atoms with Crippen molar-refractivity contribution in [3.8, 4) is 10.7 Å². The van der Waals surface area contributed by atoms with Gasteiger partial charge in [0.05, 0.1) is 9.88 Å². The fraction of sp³-hybridized carbons (Fsp3) is 0.545. The first kappa shape index (κ1) is 12.4. The number of aromatic amines is 1. The molecule has 2 rings (SSSR count). The minimum atomic E-state index is 0.626. The van der Waals surface area contributed by atoms with Gasteiger partial charge in [0, 0.05) is 19.2 Å². The van der Waals surface area contributed by atoms with Gasteiger partial charge in [-0.3, -0.25) is 9.67 Å². The summed E-state index contributed by atoms with van der Waals surface area (Å²) in [5, 5.41) is 8.26. The first-order valence-electron chi connectivity index (χ1n) is 5.72. The Hall–Kier alpha value is -1.01. The van der Waals surface area contributed by atoms with Crippen molar-refractivity contribution >= 4 is 23.6 Å². The van der Waals surface area contributed by atoms with Crippen molar-refractivity contribution in [2.75, 3.05) is 0 Å². The lowest BCUT2D eigenvalue weighted by Crippen LogP contribution is -1.96. The van der Waals surface area contributed by atoms with Crippen LogP contribution in [0.1, 0.15) is 25.8 Å². The van der Waals surface area contributed by atoms with Crippen LogP contribution in [-0.4, -0.2) is 19.7 Å². The van der Waals surface area contributed by atoms with Crippen LogP contribution in [0.5, 0.6) is 0 Å². The highest BCUT2D eigenvalue weighted by Crippen LogP contribution is 2.25. The van der Waals surface area contributed by atoms with Gasteiger partial charge in [-0.15, -0.1) is 11.3 Å². The van der Waals surface area contributed by atoms with Crippen LogP contribution >= 0.6 is 23.6 Å². The van der Waals surface area contributed by atoms with Gasteiger partial charge in [0.1, 0.15) is 0 Å². The number of nitrogens with one attached hydrogen (secondary N) is 1. The monoisotopic (exact) mass is 268 g/mol. The summed E-state index contributed by atoms with van der Waals surface area (Å²) in [6.45, 7) is 7.28. The molecule has 0 amide bonds. The van der Waals surface area contributed by atoms with E-state index in [9.17, 15) is 0 Å². The van der Waals surface area contributed by atoms with Crippen molar-refractivity contribution < 1.29 is 0 Å². The quantitative estimate of drug-likeness (QED) is 0.866. The first-order chi connectivity index (χ1) is 8.11. The summed E-state index contributed by atoms with van der Waals surface area (Å²) in [5.74, 6) is 1.52. The Balaban J connectivity index is 2.33. The predicted octanol–water partition coefficient (Wildman–Crippen LogP) is 3.28. The van der Waals surface area contributed by atoms with Crippen molar-refractivity contribution in [3.05, 3.63) is 16.0 Å². The topological polar surface area (TPSA) is 46.5 Å². The molecule has 17 heavy (non-hydrogen) atoms. The number of H-pyrrole nitrogens is 1. The van der Waals surface area contributed by atoms with E-state index < -0.39 is 0 Å². The Morgan fingerprint density at radius 1 is 1.53 bits per heavy atom. The zero-order valence-corrected chi connectivity index (χ0v) is 11.9. The number of hydrogen-bond donors (Lipinski definition) is 1. The Labute approximate surface area is 110 Å². The summed E-state index contributed by atoms with van der Waals surface area (Å²) < 4.78 is 2.66. The predicted molar refractivity (Wildman–Crippen MR) is 72.7 cm³/mol. The van der Waals surface area contributed by atoms with Gasteiger partial charge in [-0.2, -0.15) is 5.10 Å². The molecule has 0 atom stereocenters. The minimum absolute atomic E-state index is 0.626. The molecule has 0 fully saturated rings. The molecule has 2 aromatic heterocycles. The molecule has 2 heterocycles. The molecule has 0 bridgehead atoms. The van der Waals surface area contributed by atoms with Crippen LogP contribution in [0, 0.1) is 10.7 Å². The van der Waals surface area contributed by atoms with Crippen LogP contribution in [-0.2, 0) is 13.0 Å². The molecule has 6 heteroatoms. The molecule has 92 valence electrons. The summed E-state index contributed by atoms with van der Waals surface area (Å²) in [6.07, 6.45) is 2.90.